The Labute approximate surface area is 97.1 Å². The fourth-order valence-electron chi connectivity index (χ4n) is 1.97. The molecule has 1 amide bonds. The lowest BCUT2D eigenvalue weighted by atomic mass is 10.1. The van der Waals surface area contributed by atoms with Gasteiger partial charge in [-0.1, -0.05) is 13.8 Å². The Balaban J connectivity index is 2.57. The molecule has 16 heavy (non-hydrogen) atoms. The number of hydrogen-bond donors (Lipinski definition) is 1. The lowest BCUT2D eigenvalue weighted by molar-refractivity contribution is -0.131. The zero-order valence-electron chi connectivity index (χ0n) is 10.5. The highest BCUT2D eigenvalue weighted by molar-refractivity contribution is 5.80. The van der Waals surface area contributed by atoms with Crippen molar-refractivity contribution in [1.82, 2.24) is 10.2 Å². The molecule has 0 bridgehead atoms. The van der Waals surface area contributed by atoms with Gasteiger partial charge in [0.25, 0.3) is 0 Å². The lowest BCUT2D eigenvalue weighted by Gasteiger charge is -2.30. The molecule has 2 unspecified atom stereocenters. The first-order valence-electron chi connectivity index (χ1n) is 5.64. The fourth-order valence-corrected chi connectivity index (χ4v) is 1.97. The molecule has 5 nitrogen and oxygen atoms in total. The predicted molar refractivity (Wildman–Crippen MR) is 61.0 cm³/mol. The summed E-state index contributed by atoms with van der Waals surface area (Å²) in [5.74, 6) is 0.531. The van der Waals surface area contributed by atoms with Gasteiger partial charge in [0.2, 0.25) is 5.91 Å². The van der Waals surface area contributed by atoms with Crippen molar-refractivity contribution in [3.05, 3.63) is 0 Å². The van der Waals surface area contributed by atoms with E-state index in [9.17, 15) is 4.79 Å². The Bertz CT molecular complexity index is 233. The molecule has 0 aromatic rings. The molecule has 0 saturated carbocycles. The van der Waals surface area contributed by atoms with Crippen LogP contribution in [0.5, 0.6) is 0 Å². The van der Waals surface area contributed by atoms with Crippen molar-refractivity contribution in [2.75, 3.05) is 33.9 Å². The van der Waals surface area contributed by atoms with E-state index < -0.39 is 0 Å². The molecular formula is C11H22N2O3. The molecule has 94 valence electrons. The number of nitrogens with one attached hydrogen (secondary N) is 1. The zero-order chi connectivity index (χ0) is 12.1. The van der Waals surface area contributed by atoms with Gasteiger partial charge in [0, 0.05) is 14.2 Å². The standard InChI is InChI=1S/C11H22N2O3/c1-8(2)11-12-5-10(14)13(11)6-9(16-4)7-15-3/h8-9,11-12H,5-7H2,1-4H3. The first-order chi connectivity index (χ1) is 7.60. The molecule has 1 saturated heterocycles. The Morgan fingerprint density at radius 3 is 2.69 bits per heavy atom. The number of amides is 1. The maximum Gasteiger partial charge on any atom is 0.237 e. The second kappa shape index (κ2) is 6.18. The molecule has 0 radical (unpaired) electrons. The predicted octanol–water partition coefficient (Wildman–Crippen LogP) is 0.0617. The number of ether oxygens (including phenoxy) is 2. The minimum atomic E-state index is -0.0601. The minimum Gasteiger partial charge on any atom is -0.382 e. The lowest BCUT2D eigenvalue weighted by Crippen LogP contribution is -2.46. The van der Waals surface area contributed by atoms with E-state index in [1.54, 1.807) is 14.2 Å². The summed E-state index contributed by atoms with van der Waals surface area (Å²) in [6.45, 7) is 5.71. The number of carbonyl (C=O) groups excluding carboxylic acids is 1. The molecule has 0 spiro atoms. The Hall–Kier alpha value is -0.650. The van der Waals surface area contributed by atoms with Crippen LogP contribution in [0.4, 0.5) is 0 Å². The van der Waals surface area contributed by atoms with E-state index >= 15 is 0 Å². The van der Waals surface area contributed by atoms with Crippen molar-refractivity contribution in [3.63, 3.8) is 0 Å². The van der Waals surface area contributed by atoms with Crippen molar-refractivity contribution in [1.29, 1.82) is 0 Å². The van der Waals surface area contributed by atoms with Crippen molar-refractivity contribution in [2.24, 2.45) is 5.92 Å². The Morgan fingerprint density at radius 2 is 2.19 bits per heavy atom. The van der Waals surface area contributed by atoms with E-state index in [0.29, 0.717) is 25.6 Å². The van der Waals surface area contributed by atoms with Crippen LogP contribution in [-0.2, 0) is 14.3 Å². The largest absolute Gasteiger partial charge is 0.382 e. The average molecular weight is 230 g/mol. The van der Waals surface area contributed by atoms with Crippen LogP contribution in [0.2, 0.25) is 0 Å². The first kappa shape index (κ1) is 13.4. The van der Waals surface area contributed by atoms with E-state index in [4.69, 9.17) is 9.47 Å². The SMILES string of the molecule is COCC(CN1C(=O)CNC1C(C)C)OC. The third-order valence-electron chi connectivity index (χ3n) is 2.84. The summed E-state index contributed by atoms with van der Waals surface area (Å²) in [6.07, 6.45) is 0.0529. The molecule has 2 atom stereocenters. The molecule has 0 aromatic heterocycles. The average Bonchev–Trinajstić information content (AvgIpc) is 2.60. The minimum absolute atomic E-state index is 0.0601. The van der Waals surface area contributed by atoms with Crippen molar-refractivity contribution >= 4 is 5.91 Å². The normalized spacial score (nSPS) is 23.2. The Kier molecular flexibility index (Phi) is 5.18. The maximum absolute atomic E-state index is 11.7. The topological polar surface area (TPSA) is 50.8 Å². The van der Waals surface area contributed by atoms with E-state index in [1.807, 2.05) is 4.90 Å². The molecule has 5 heteroatoms. The number of carbonyl (C=O) groups is 1. The molecule has 1 N–H and O–H groups in total. The zero-order valence-corrected chi connectivity index (χ0v) is 10.5. The van der Waals surface area contributed by atoms with Crippen LogP contribution in [-0.4, -0.2) is 57.0 Å². The number of hydrogen-bond acceptors (Lipinski definition) is 4. The van der Waals surface area contributed by atoms with Gasteiger partial charge in [-0.2, -0.15) is 0 Å². The summed E-state index contributed by atoms with van der Waals surface area (Å²) < 4.78 is 10.3. The molecule has 0 aliphatic carbocycles. The molecule has 0 aromatic carbocycles. The third-order valence-corrected chi connectivity index (χ3v) is 2.84. The monoisotopic (exact) mass is 230 g/mol. The van der Waals surface area contributed by atoms with Crippen LogP contribution >= 0.6 is 0 Å². The smallest absolute Gasteiger partial charge is 0.237 e. The summed E-state index contributed by atoms with van der Waals surface area (Å²) in [5, 5.41) is 3.21. The number of methoxy groups -OCH3 is 2. The van der Waals surface area contributed by atoms with Crippen LogP contribution in [0.3, 0.4) is 0 Å². The van der Waals surface area contributed by atoms with E-state index in [-0.39, 0.29) is 18.2 Å². The van der Waals surface area contributed by atoms with E-state index in [0.717, 1.165) is 0 Å². The third kappa shape index (κ3) is 3.17. The van der Waals surface area contributed by atoms with Gasteiger partial charge >= 0.3 is 0 Å². The van der Waals surface area contributed by atoms with E-state index in [2.05, 4.69) is 19.2 Å². The van der Waals surface area contributed by atoms with Crippen LogP contribution in [0.25, 0.3) is 0 Å². The number of rotatable bonds is 6. The summed E-state index contributed by atoms with van der Waals surface area (Å²) in [6, 6.07) is 0. The summed E-state index contributed by atoms with van der Waals surface area (Å²) in [4.78, 5) is 13.6. The van der Waals surface area contributed by atoms with Gasteiger partial charge in [-0.3, -0.25) is 10.1 Å². The van der Waals surface area contributed by atoms with Gasteiger partial charge in [0.05, 0.1) is 32.0 Å². The van der Waals surface area contributed by atoms with Gasteiger partial charge < -0.3 is 14.4 Å². The van der Waals surface area contributed by atoms with Crippen LogP contribution in [0.15, 0.2) is 0 Å². The van der Waals surface area contributed by atoms with Gasteiger partial charge in [-0.15, -0.1) is 0 Å². The summed E-state index contributed by atoms with van der Waals surface area (Å²) in [5.41, 5.74) is 0. The maximum atomic E-state index is 11.7. The molecule has 1 fully saturated rings. The highest BCUT2D eigenvalue weighted by Gasteiger charge is 2.33. The molecule has 1 aliphatic rings. The van der Waals surface area contributed by atoms with Gasteiger partial charge in [0.15, 0.2) is 0 Å². The first-order valence-corrected chi connectivity index (χ1v) is 5.64. The van der Waals surface area contributed by atoms with Gasteiger partial charge in [0.1, 0.15) is 0 Å². The van der Waals surface area contributed by atoms with Crippen molar-refractivity contribution in [2.45, 2.75) is 26.1 Å². The quantitative estimate of drug-likeness (QED) is 0.701. The van der Waals surface area contributed by atoms with Crippen molar-refractivity contribution in [3.8, 4) is 0 Å². The highest BCUT2D eigenvalue weighted by atomic mass is 16.5. The van der Waals surface area contributed by atoms with Gasteiger partial charge in [-0.05, 0) is 5.92 Å². The fraction of sp³-hybridized carbons (Fsp3) is 0.909. The summed E-state index contributed by atoms with van der Waals surface area (Å²) in [7, 11) is 3.28. The molecule has 1 heterocycles. The second-order valence-electron chi connectivity index (χ2n) is 4.43. The molecule has 1 aliphatic heterocycles. The van der Waals surface area contributed by atoms with Gasteiger partial charge in [-0.25, -0.2) is 0 Å². The number of nitrogens with zero attached hydrogens (tertiary/aromatic N) is 1. The highest BCUT2D eigenvalue weighted by Crippen LogP contribution is 2.14. The van der Waals surface area contributed by atoms with E-state index in [1.165, 1.54) is 0 Å². The van der Waals surface area contributed by atoms with Crippen LogP contribution in [0.1, 0.15) is 13.8 Å². The molecular weight excluding hydrogens is 208 g/mol. The van der Waals surface area contributed by atoms with Crippen molar-refractivity contribution < 1.29 is 14.3 Å². The Morgan fingerprint density at radius 1 is 1.50 bits per heavy atom. The van der Waals surface area contributed by atoms with Crippen LogP contribution in [0, 0.1) is 5.92 Å². The summed E-state index contributed by atoms with van der Waals surface area (Å²) >= 11 is 0. The second-order valence-corrected chi connectivity index (χ2v) is 4.43. The van der Waals surface area contributed by atoms with Crippen LogP contribution < -0.4 is 5.32 Å². The molecule has 1 rings (SSSR count).